The van der Waals surface area contributed by atoms with E-state index < -0.39 is 11.0 Å². The molecule has 27 heavy (non-hydrogen) atoms. The predicted molar refractivity (Wildman–Crippen MR) is 114 cm³/mol. The molecule has 0 heterocycles. The van der Waals surface area contributed by atoms with Gasteiger partial charge in [-0.05, 0) is 62.3 Å². The molecule has 2 nitrogen and oxygen atoms in total. The van der Waals surface area contributed by atoms with Crippen LogP contribution in [0.25, 0.3) is 0 Å². The molecule has 1 aromatic rings. The van der Waals surface area contributed by atoms with E-state index in [4.69, 9.17) is 4.74 Å². The van der Waals surface area contributed by atoms with Gasteiger partial charge in [-0.25, -0.2) is 0 Å². The number of hydrogen-bond donors (Lipinski definition) is 0. The number of rotatable bonds is 4. The van der Waals surface area contributed by atoms with Crippen LogP contribution in [0.1, 0.15) is 98.1 Å². The second-order valence-corrected chi connectivity index (χ2v) is 11.1. The first-order valence-electron chi connectivity index (χ1n) is 10.6. The molecular weight excluding hydrogens is 332 g/mol. The molecule has 1 aromatic carbocycles. The van der Waals surface area contributed by atoms with Gasteiger partial charge in [0.15, 0.2) is 0 Å². The summed E-state index contributed by atoms with van der Waals surface area (Å²) in [5.74, 6) is -0.0348. The lowest BCUT2D eigenvalue weighted by Crippen LogP contribution is -2.48. The van der Waals surface area contributed by atoms with Gasteiger partial charge in [0.05, 0.1) is 5.41 Å². The Hall–Kier alpha value is -1.31. The van der Waals surface area contributed by atoms with E-state index in [-0.39, 0.29) is 16.8 Å². The first-order valence-corrected chi connectivity index (χ1v) is 10.6. The van der Waals surface area contributed by atoms with Gasteiger partial charge >= 0.3 is 5.97 Å². The molecule has 1 atom stereocenters. The lowest BCUT2D eigenvalue weighted by atomic mass is 9.61. The Morgan fingerprint density at radius 3 is 1.89 bits per heavy atom. The molecule has 0 aliphatic heterocycles. The van der Waals surface area contributed by atoms with E-state index in [1.54, 1.807) is 0 Å². The van der Waals surface area contributed by atoms with Crippen molar-refractivity contribution in [2.75, 3.05) is 0 Å². The van der Waals surface area contributed by atoms with Gasteiger partial charge in [0.2, 0.25) is 0 Å². The molecule has 0 N–H and O–H groups in total. The van der Waals surface area contributed by atoms with E-state index >= 15 is 0 Å². The molecule has 0 saturated heterocycles. The van der Waals surface area contributed by atoms with Crippen LogP contribution in [0.5, 0.6) is 0 Å². The third-order valence-electron chi connectivity index (χ3n) is 6.52. The summed E-state index contributed by atoms with van der Waals surface area (Å²) in [6.45, 7) is 17.3. The third-order valence-corrected chi connectivity index (χ3v) is 6.52. The molecule has 0 aromatic heterocycles. The highest BCUT2D eigenvalue weighted by molar-refractivity contribution is 5.78. The standard InChI is InChI=1S/C25H40O2/c1-19-12-14-20(15-13-19)25(16-10-9-11-17-25)27-21(26)24(8,23(5,6)7)18-22(2,3)4/h12-15H,9-11,16-18H2,1-8H3. The summed E-state index contributed by atoms with van der Waals surface area (Å²) in [5.41, 5.74) is 1.30. The van der Waals surface area contributed by atoms with Gasteiger partial charge in [-0.3, -0.25) is 4.79 Å². The molecule has 1 fully saturated rings. The second-order valence-electron chi connectivity index (χ2n) is 11.1. The zero-order valence-corrected chi connectivity index (χ0v) is 18.9. The van der Waals surface area contributed by atoms with E-state index in [2.05, 4.69) is 79.7 Å². The Morgan fingerprint density at radius 2 is 1.44 bits per heavy atom. The smallest absolute Gasteiger partial charge is 0.313 e. The van der Waals surface area contributed by atoms with E-state index in [0.29, 0.717) is 0 Å². The van der Waals surface area contributed by atoms with Crippen LogP contribution in [-0.2, 0) is 15.1 Å². The van der Waals surface area contributed by atoms with E-state index in [1.807, 2.05) is 0 Å². The lowest BCUT2D eigenvalue weighted by molar-refractivity contribution is -0.186. The topological polar surface area (TPSA) is 26.3 Å². The van der Waals surface area contributed by atoms with Crippen molar-refractivity contribution in [2.45, 2.75) is 99.5 Å². The molecule has 2 rings (SSSR count). The summed E-state index contributed by atoms with van der Waals surface area (Å²) < 4.78 is 6.50. The van der Waals surface area contributed by atoms with Crippen molar-refractivity contribution in [1.82, 2.24) is 0 Å². The molecule has 0 amide bonds. The number of hydrogen-bond acceptors (Lipinski definition) is 2. The molecule has 1 unspecified atom stereocenters. The van der Waals surface area contributed by atoms with Gasteiger partial charge < -0.3 is 4.74 Å². The molecule has 0 radical (unpaired) electrons. The number of esters is 1. The fourth-order valence-electron chi connectivity index (χ4n) is 4.42. The number of carbonyl (C=O) groups is 1. The average molecular weight is 373 g/mol. The molecule has 1 saturated carbocycles. The number of carbonyl (C=O) groups excluding carboxylic acids is 1. The van der Waals surface area contributed by atoms with E-state index in [9.17, 15) is 4.79 Å². The fraction of sp³-hybridized carbons (Fsp3) is 0.720. The van der Waals surface area contributed by atoms with Crippen molar-refractivity contribution >= 4 is 5.97 Å². The summed E-state index contributed by atoms with van der Waals surface area (Å²) in [6, 6.07) is 8.59. The highest BCUT2D eigenvalue weighted by Gasteiger charge is 2.50. The van der Waals surface area contributed by atoms with E-state index in [1.165, 1.54) is 12.0 Å². The Balaban J connectivity index is 2.40. The highest BCUT2D eigenvalue weighted by atomic mass is 16.6. The SMILES string of the molecule is Cc1ccc(C2(OC(=O)C(C)(CC(C)(C)C)C(C)(C)C)CCCCC2)cc1. The van der Waals surface area contributed by atoms with Crippen molar-refractivity contribution in [3.8, 4) is 0 Å². The third kappa shape index (κ3) is 4.95. The van der Waals surface area contributed by atoms with Crippen LogP contribution in [0, 0.1) is 23.2 Å². The molecule has 152 valence electrons. The Morgan fingerprint density at radius 1 is 0.926 bits per heavy atom. The lowest BCUT2D eigenvalue weighted by Gasteiger charge is -2.46. The van der Waals surface area contributed by atoms with Crippen LogP contribution in [0.2, 0.25) is 0 Å². The van der Waals surface area contributed by atoms with Crippen molar-refractivity contribution in [2.24, 2.45) is 16.2 Å². The van der Waals surface area contributed by atoms with Crippen LogP contribution in [0.4, 0.5) is 0 Å². The summed E-state index contributed by atoms with van der Waals surface area (Å²) >= 11 is 0. The Bertz CT molecular complexity index is 636. The van der Waals surface area contributed by atoms with Crippen molar-refractivity contribution in [1.29, 1.82) is 0 Å². The van der Waals surface area contributed by atoms with Gasteiger partial charge in [0, 0.05) is 0 Å². The number of ether oxygens (including phenoxy) is 1. The number of benzene rings is 1. The van der Waals surface area contributed by atoms with Gasteiger partial charge in [0.25, 0.3) is 0 Å². The molecule has 1 aliphatic carbocycles. The zero-order valence-electron chi connectivity index (χ0n) is 18.9. The van der Waals surface area contributed by atoms with Crippen LogP contribution >= 0.6 is 0 Å². The quantitative estimate of drug-likeness (QED) is 0.523. The van der Waals surface area contributed by atoms with Crippen LogP contribution < -0.4 is 0 Å². The molecule has 0 spiro atoms. The Kier molecular flexibility index (Phi) is 6.19. The first-order chi connectivity index (χ1) is 12.3. The first kappa shape index (κ1) is 22.0. The summed E-state index contributed by atoms with van der Waals surface area (Å²) in [7, 11) is 0. The molecule has 1 aliphatic rings. The van der Waals surface area contributed by atoms with Crippen LogP contribution in [-0.4, -0.2) is 5.97 Å². The molecular formula is C25H40O2. The molecule has 2 heteroatoms. The average Bonchev–Trinajstić information content (AvgIpc) is 2.53. The maximum atomic E-state index is 13.7. The summed E-state index contributed by atoms with van der Waals surface area (Å²) in [5, 5.41) is 0. The zero-order chi connectivity index (χ0) is 20.5. The monoisotopic (exact) mass is 372 g/mol. The van der Waals surface area contributed by atoms with Crippen molar-refractivity contribution in [3.63, 3.8) is 0 Å². The highest BCUT2D eigenvalue weighted by Crippen LogP contribution is 2.50. The second kappa shape index (κ2) is 7.60. The predicted octanol–water partition coefficient (Wildman–Crippen LogP) is 7.19. The van der Waals surface area contributed by atoms with Gasteiger partial charge in [-0.1, -0.05) is 77.8 Å². The normalized spacial score (nSPS) is 20.0. The van der Waals surface area contributed by atoms with Crippen molar-refractivity contribution in [3.05, 3.63) is 35.4 Å². The van der Waals surface area contributed by atoms with Crippen molar-refractivity contribution < 1.29 is 9.53 Å². The fourth-order valence-corrected chi connectivity index (χ4v) is 4.42. The molecule has 0 bridgehead atoms. The van der Waals surface area contributed by atoms with Gasteiger partial charge in [0.1, 0.15) is 5.60 Å². The van der Waals surface area contributed by atoms with Gasteiger partial charge in [-0.2, -0.15) is 0 Å². The Labute approximate surface area is 167 Å². The van der Waals surface area contributed by atoms with Gasteiger partial charge in [-0.15, -0.1) is 0 Å². The summed E-state index contributed by atoms with van der Waals surface area (Å²) in [4.78, 5) is 13.7. The number of aryl methyl sites for hydroxylation is 1. The maximum absolute atomic E-state index is 13.7. The summed E-state index contributed by atoms with van der Waals surface area (Å²) in [6.07, 6.45) is 6.13. The van der Waals surface area contributed by atoms with E-state index in [0.717, 1.165) is 37.7 Å². The minimum Gasteiger partial charge on any atom is -0.454 e. The van der Waals surface area contributed by atoms with Crippen LogP contribution in [0.3, 0.4) is 0 Å². The maximum Gasteiger partial charge on any atom is 0.313 e. The minimum atomic E-state index is -0.527. The minimum absolute atomic E-state index is 0.0348. The van der Waals surface area contributed by atoms with Crippen LogP contribution in [0.15, 0.2) is 24.3 Å². The largest absolute Gasteiger partial charge is 0.454 e.